The first kappa shape index (κ1) is 8.53. The van der Waals surface area contributed by atoms with Crippen LogP contribution in [0, 0.1) is 5.92 Å². The summed E-state index contributed by atoms with van der Waals surface area (Å²) >= 11 is 0. The molecule has 1 heterocycles. The van der Waals surface area contributed by atoms with Gasteiger partial charge in [-0.2, -0.15) is 0 Å². The third-order valence-corrected chi connectivity index (χ3v) is 2.06. The van der Waals surface area contributed by atoms with Crippen LogP contribution in [0.15, 0.2) is 0 Å². The van der Waals surface area contributed by atoms with Crippen LogP contribution in [0.3, 0.4) is 0 Å². The highest BCUT2D eigenvalue weighted by Gasteiger charge is 2.14. The largest absolute Gasteiger partial charge is 0.381 e. The van der Waals surface area contributed by atoms with Gasteiger partial charge in [-0.3, -0.25) is 4.79 Å². The molecule has 1 atom stereocenters. The van der Waals surface area contributed by atoms with Crippen molar-refractivity contribution in [3.8, 4) is 0 Å². The second-order valence-corrected chi connectivity index (χ2v) is 3.08. The summed E-state index contributed by atoms with van der Waals surface area (Å²) in [5.74, 6) is 0.284. The monoisotopic (exact) mass is 157 g/mol. The van der Waals surface area contributed by atoms with Gasteiger partial charge >= 0.3 is 0 Å². The van der Waals surface area contributed by atoms with Crippen LogP contribution in [0.25, 0.3) is 0 Å². The zero-order valence-electron chi connectivity index (χ0n) is 6.71. The molecule has 11 heavy (non-hydrogen) atoms. The van der Waals surface area contributed by atoms with Gasteiger partial charge in [-0.1, -0.05) is 0 Å². The van der Waals surface area contributed by atoms with Gasteiger partial charge in [0.05, 0.1) is 0 Å². The van der Waals surface area contributed by atoms with Crippen LogP contribution in [0.4, 0.5) is 0 Å². The predicted molar refractivity (Wildman–Crippen MR) is 42.0 cm³/mol. The highest BCUT2D eigenvalue weighted by Crippen LogP contribution is 2.18. The lowest BCUT2D eigenvalue weighted by Crippen LogP contribution is -2.16. The smallest absolute Gasteiger partial charge is 0.217 e. The number of amides is 1. The van der Waals surface area contributed by atoms with E-state index in [-0.39, 0.29) is 5.91 Å². The highest BCUT2D eigenvalue weighted by molar-refractivity contribution is 5.73. The normalized spacial score (nSPS) is 26.0. The molecule has 1 amide bonds. The predicted octanol–water partition coefficient (Wildman–Crippen LogP) is 0.678. The summed E-state index contributed by atoms with van der Waals surface area (Å²) in [6, 6.07) is 0. The van der Waals surface area contributed by atoms with Crippen molar-refractivity contribution < 1.29 is 9.53 Å². The Morgan fingerprint density at radius 1 is 1.45 bits per heavy atom. The van der Waals surface area contributed by atoms with Crippen LogP contribution in [-0.4, -0.2) is 19.1 Å². The van der Waals surface area contributed by atoms with Gasteiger partial charge in [0, 0.05) is 19.6 Å². The van der Waals surface area contributed by atoms with Gasteiger partial charge in [0.1, 0.15) is 0 Å². The van der Waals surface area contributed by atoms with E-state index in [1.54, 1.807) is 0 Å². The van der Waals surface area contributed by atoms with Crippen LogP contribution >= 0.6 is 0 Å². The van der Waals surface area contributed by atoms with Crippen molar-refractivity contribution in [1.29, 1.82) is 0 Å². The molecule has 0 aromatic heterocycles. The lowest BCUT2D eigenvalue weighted by Gasteiger charge is -2.09. The quantitative estimate of drug-likeness (QED) is 0.640. The minimum atomic E-state index is -0.183. The van der Waals surface area contributed by atoms with E-state index in [1.165, 1.54) is 0 Å². The molecule has 0 aromatic carbocycles. The maximum atomic E-state index is 10.6. The van der Waals surface area contributed by atoms with Crippen LogP contribution in [0.1, 0.15) is 25.7 Å². The number of rotatable bonds is 2. The number of carbonyl (C=O) groups excluding carboxylic acids is 1. The van der Waals surface area contributed by atoms with Gasteiger partial charge in [-0.15, -0.1) is 0 Å². The molecule has 3 nitrogen and oxygen atoms in total. The lowest BCUT2D eigenvalue weighted by atomic mass is 9.97. The van der Waals surface area contributed by atoms with Crippen molar-refractivity contribution in [2.45, 2.75) is 25.7 Å². The first-order chi connectivity index (χ1) is 5.29. The average Bonchev–Trinajstić information content (AvgIpc) is 2.14. The third kappa shape index (κ3) is 3.37. The second-order valence-electron chi connectivity index (χ2n) is 3.08. The molecule has 1 rings (SSSR count). The maximum Gasteiger partial charge on any atom is 0.217 e. The summed E-state index contributed by atoms with van der Waals surface area (Å²) in [7, 11) is 0. The van der Waals surface area contributed by atoms with Crippen molar-refractivity contribution in [3.63, 3.8) is 0 Å². The Labute approximate surface area is 66.9 Å². The first-order valence-electron chi connectivity index (χ1n) is 4.15. The Balaban J connectivity index is 2.25. The van der Waals surface area contributed by atoms with Crippen LogP contribution in [0.2, 0.25) is 0 Å². The molecule has 3 heteroatoms. The Morgan fingerprint density at radius 3 is 3.00 bits per heavy atom. The van der Waals surface area contributed by atoms with Gasteiger partial charge in [-0.05, 0) is 25.2 Å². The SMILES string of the molecule is NC(=O)CC1CCCOCC1. The summed E-state index contributed by atoms with van der Waals surface area (Å²) in [4.78, 5) is 10.6. The first-order valence-corrected chi connectivity index (χ1v) is 4.15. The highest BCUT2D eigenvalue weighted by atomic mass is 16.5. The molecule has 0 radical (unpaired) electrons. The molecule has 0 bridgehead atoms. The summed E-state index contributed by atoms with van der Waals surface area (Å²) in [5.41, 5.74) is 5.09. The molecule has 0 saturated carbocycles. The molecule has 0 aromatic rings. The van der Waals surface area contributed by atoms with Crippen molar-refractivity contribution in [1.82, 2.24) is 0 Å². The fourth-order valence-corrected chi connectivity index (χ4v) is 1.46. The molecule has 0 spiro atoms. The summed E-state index contributed by atoms with van der Waals surface area (Å²) in [6.45, 7) is 1.63. The zero-order chi connectivity index (χ0) is 8.10. The standard InChI is InChI=1S/C8H15NO2/c9-8(10)6-7-2-1-4-11-5-3-7/h7H,1-6H2,(H2,9,10). The molecular formula is C8H15NO2. The minimum Gasteiger partial charge on any atom is -0.381 e. The Morgan fingerprint density at radius 2 is 2.27 bits per heavy atom. The van der Waals surface area contributed by atoms with E-state index in [4.69, 9.17) is 10.5 Å². The Kier molecular flexibility index (Phi) is 3.36. The van der Waals surface area contributed by atoms with Crippen molar-refractivity contribution in [3.05, 3.63) is 0 Å². The van der Waals surface area contributed by atoms with Crippen LogP contribution in [-0.2, 0) is 9.53 Å². The maximum absolute atomic E-state index is 10.6. The molecular weight excluding hydrogens is 142 g/mol. The average molecular weight is 157 g/mol. The molecule has 1 aliphatic rings. The second kappa shape index (κ2) is 4.34. The van der Waals surface area contributed by atoms with Crippen LogP contribution < -0.4 is 5.73 Å². The van der Waals surface area contributed by atoms with E-state index < -0.39 is 0 Å². The van der Waals surface area contributed by atoms with Gasteiger partial charge in [0.2, 0.25) is 5.91 Å². The van der Waals surface area contributed by atoms with Gasteiger partial charge in [0.25, 0.3) is 0 Å². The summed E-state index contributed by atoms with van der Waals surface area (Å²) < 4.78 is 5.25. The van der Waals surface area contributed by atoms with E-state index in [0.29, 0.717) is 12.3 Å². The zero-order valence-corrected chi connectivity index (χ0v) is 6.71. The molecule has 1 aliphatic heterocycles. The van der Waals surface area contributed by atoms with E-state index in [1.807, 2.05) is 0 Å². The number of carbonyl (C=O) groups is 1. The van der Waals surface area contributed by atoms with Gasteiger partial charge < -0.3 is 10.5 Å². The topological polar surface area (TPSA) is 52.3 Å². The summed E-state index contributed by atoms with van der Waals surface area (Å²) in [6.07, 6.45) is 3.67. The van der Waals surface area contributed by atoms with E-state index in [9.17, 15) is 4.79 Å². The number of primary amides is 1. The van der Waals surface area contributed by atoms with Crippen LogP contribution in [0.5, 0.6) is 0 Å². The molecule has 64 valence electrons. The molecule has 1 unspecified atom stereocenters. The number of ether oxygens (including phenoxy) is 1. The number of hydrogen-bond acceptors (Lipinski definition) is 2. The molecule has 2 N–H and O–H groups in total. The van der Waals surface area contributed by atoms with E-state index in [0.717, 1.165) is 32.5 Å². The Bertz CT molecular complexity index is 128. The Hall–Kier alpha value is -0.570. The lowest BCUT2D eigenvalue weighted by molar-refractivity contribution is -0.119. The van der Waals surface area contributed by atoms with E-state index in [2.05, 4.69) is 0 Å². The van der Waals surface area contributed by atoms with Crippen molar-refractivity contribution in [2.75, 3.05) is 13.2 Å². The fourth-order valence-electron chi connectivity index (χ4n) is 1.46. The van der Waals surface area contributed by atoms with E-state index >= 15 is 0 Å². The van der Waals surface area contributed by atoms with Gasteiger partial charge in [-0.25, -0.2) is 0 Å². The van der Waals surface area contributed by atoms with Crippen molar-refractivity contribution >= 4 is 5.91 Å². The molecule has 0 aliphatic carbocycles. The molecule has 1 saturated heterocycles. The van der Waals surface area contributed by atoms with Gasteiger partial charge in [0.15, 0.2) is 0 Å². The number of hydrogen-bond donors (Lipinski definition) is 1. The minimum absolute atomic E-state index is 0.183. The molecule has 1 fully saturated rings. The third-order valence-electron chi connectivity index (χ3n) is 2.06. The number of nitrogens with two attached hydrogens (primary N) is 1. The summed E-state index contributed by atoms with van der Waals surface area (Å²) in [5, 5.41) is 0. The fraction of sp³-hybridized carbons (Fsp3) is 0.875. The van der Waals surface area contributed by atoms with Crippen molar-refractivity contribution in [2.24, 2.45) is 11.7 Å².